The van der Waals surface area contributed by atoms with Crippen molar-refractivity contribution in [3.8, 4) is 0 Å². The molecule has 0 aliphatic carbocycles. The molecule has 0 bridgehead atoms. The Morgan fingerprint density at radius 3 is 1.31 bits per heavy atom. The molecular weight excluding hydrogens is 485 g/mol. The average Bonchev–Trinajstić information content (AvgIpc) is 2.60. The van der Waals surface area contributed by atoms with E-state index in [1.807, 2.05) is 36.8 Å². The van der Waals surface area contributed by atoms with E-state index in [9.17, 15) is 29.4 Å². The Balaban J connectivity index is -0.000000451. The Morgan fingerprint density at radius 1 is 0.793 bits per heavy atom. The van der Waals surface area contributed by atoms with Crippen molar-refractivity contribution < 1.29 is 29.4 Å². The van der Waals surface area contributed by atoms with Crippen LogP contribution in [0.3, 0.4) is 0 Å². The number of allylic oxidation sites excluding steroid dienone is 2. The number of rotatable bonds is 12. The van der Waals surface area contributed by atoms with Crippen LogP contribution in [0.15, 0.2) is 23.0 Å². The third kappa shape index (κ3) is 24.2. The van der Waals surface area contributed by atoms with E-state index in [-0.39, 0.29) is 61.1 Å². The van der Waals surface area contributed by atoms with Crippen LogP contribution in [0.1, 0.15) is 27.7 Å². The molecule has 0 aromatic rings. The van der Waals surface area contributed by atoms with Crippen molar-refractivity contribution in [2.45, 2.75) is 39.8 Å². The van der Waals surface area contributed by atoms with Crippen LogP contribution >= 0.6 is 43.2 Å². The Kier molecular flexibility index (Phi) is 26.3. The number of aliphatic carboxylic acids is 2. The van der Waals surface area contributed by atoms with Crippen molar-refractivity contribution in [3.05, 3.63) is 23.0 Å². The Bertz CT molecular complexity index is 516. The predicted molar refractivity (Wildman–Crippen MR) is 121 cm³/mol. The molecule has 2 amide bonds. The first-order valence-corrected chi connectivity index (χ1v) is 12.7. The molecule has 0 radical (unpaired) electrons. The van der Waals surface area contributed by atoms with E-state index >= 15 is 0 Å². The van der Waals surface area contributed by atoms with Crippen LogP contribution in [0.5, 0.6) is 0 Å². The second kappa shape index (κ2) is 22.7. The molecule has 13 heteroatoms. The van der Waals surface area contributed by atoms with Gasteiger partial charge in [0.25, 0.3) is 0 Å². The van der Waals surface area contributed by atoms with Gasteiger partial charge in [0.2, 0.25) is 11.8 Å². The number of hydrogen-bond donors (Lipinski definition) is 2. The summed E-state index contributed by atoms with van der Waals surface area (Å²) >= 11 is 0. The van der Waals surface area contributed by atoms with Gasteiger partial charge in [-0.25, -0.2) is 0 Å². The second-order valence-electron chi connectivity index (χ2n) is 4.84. The molecular formula is C16H24CaN2O6S4. The summed E-state index contributed by atoms with van der Waals surface area (Å²) in [6, 6.07) is -1.84. The molecule has 0 unspecified atom stereocenters. The second-order valence-corrected chi connectivity index (χ2v) is 9.48. The summed E-state index contributed by atoms with van der Waals surface area (Å²) in [6.45, 7) is 6.30. The number of carbonyl (C=O) groups excluding carboxylic acids is 4. The van der Waals surface area contributed by atoms with E-state index < -0.39 is 24.0 Å². The SMILES string of the molecule is C/C=C/SSC[C@H](NC(C)=O)C(=O)[O-].C/C=C/SSC[C@H](NC(C)=O)C(=O)[O-].[Ca+2]. The summed E-state index contributed by atoms with van der Waals surface area (Å²) in [6.07, 6.45) is 3.70. The fourth-order valence-corrected chi connectivity index (χ4v) is 4.91. The molecule has 0 aromatic carbocycles. The molecule has 2 atom stereocenters. The van der Waals surface area contributed by atoms with Crippen molar-refractivity contribution in [2.24, 2.45) is 0 Å². The topological polar surface area (TPSA) is 138 Å². The molecule has 2 N–H and O–H groups in total. The maximum atomic E-state index is 10.6. The number of nitrogens with one attached hydrogen (secondary N) is 2. The minimum atomic E-state index is -1.26. The minimum absolute atomic E-state index is 0. The van der Waals surface area contributed by atoms with Crippen molar-refractivity contribution in [1.82, 2.24) is 10.6 Å². The molecule has 0 saturated heterocycles. The van der Waals surface area contributed by atoms with E-state index in [0.717, 1.165) is 0 Å². The molecule has 29 heavy (non-hydrogen) atoms. The van der Waals surface area contributed by atoms with Crippen molar-refractivity contribution in [2.75, 3.05) is 11.5 Å². The normalized spacial score (nSPS) is 12.3. The van der Waals surface area contributed by atoms with Crippen LogP contribution < -0.4 is 20.8 Å². The van der Waals surface area contributed by atoms with Gasteiger partial charge in [0.05, 0.1) is 24.0 Å². The predicted octanol–water partition coefficient (Wildman–Crippen LogP) is -0.0688. The number of amides is 2. The molecule has 8 nitrogen and oxygen atoms in total. The molecule has 0 aliphatic heterocycles. The fourth-order valence-electron chi connectivity index (χ4n) is 1.23. The summed E-state index contributed by atoms with van der Waals surface area (Å²) in [7, 11) is 5.54. The first-order chi connectivity index (χ1) is 13.1. The van der Waals surface area contributed by atoms with E-state index in [4.69, 9.17) is 0 Å². The van der Waals surface area contributed by atoms with Gasteiger partial charge in [-0.05, 0) is 24.7 Å². The summed E-state index contributed by atoms with van der Waals surface area (Å²) < 4.78 is 0. The smallest absolute Gasteiger partial charge is 0.548 e. The standard InChI is InChI=1S/2C8H13NO3S2.Ca/c2*1-3-4-13-14-5-7(8(11)12)9-6(2)10;/h2*3-4,7H,5H2,1-2H3,(H,9,10)(H,11,12);/q;;+2/p-2/b2*4-3+;/t2*7-;/m00./s1. The largest absolute Gasteiger partial charge is 2.00 e. The van der Waals surface area contributed by atoms with Gasteiger partial charge in [0.15, 0.2) is 0 Å². The summed E-state index contributed by atoms with van der Waals surface area (Å²) in [5.41, 5.74) is 0. The van der Waals surface area contributed by atoms with Gasteiger partial charge in [-0.2, -0.15) is 0 Å². The van der Waals surface area contributed by atoms with Crippen LogP contribution in [0.25, 0.3) is 0 Å². The van der Waals surface area contributed by atoms with Crippen LogP contribution in [0.4, 0.5) is 0 Å². The molecule has 0 spiro atoms. The third-order valence-electron chi connectivity index (χ3n) is 2.31. The maximum Gasteiger partial charge on any atom is 2.00 e. The zero-order chi connectivity index (χ0) is 21.9. The molecule has 0 fully saturated rings. The van der Waals surface area contributed by atoms with E-state index in [0.29, 0.717) is 0 Å². The first kappa shape index (κ1) is 33.7. The molecule has 0 aromatic heterocycles. The third-order valence-corrected chi connectivity index (χ3v) is 6.59. The van der Waals surface area contributed by atoms with Crippen molar-refractivity contribution in [3.63, 3.8) is 0 Å². The van der Waals surface area contributed by atoms with Crippen LogP contribution in [-0.4, -0.2) is 85.1 Å². The van der Waals surface area contributed by atoms with Crippen LogP contribution in [0.2, 0.25) is 0 Å². The summed E-state index contributed by atoms with van der Waals surface area (Å²) in [5, 5.41) is 29.3. The zero-order valence-electron chi connectivity index (χ0n) is 16.7. The first-order valence-electron chi connectivity index (χ1n) is 7.90. The van der Waals surface area contributed by atoms with Gasteiger partial charge in [0.1, 0.15) is 0 Å². The van der Waals surface area contributed by atoms with E-state index in [1.165, 1.54) is 57.0 Å². The molecule has 0 saturated carbocycles. The van der Waals surface area contributed by atoms with E-state index in [1.54, 1.807) is 0 Å². The zero-order valence-corrected chi connectivity index (χ0v) is 22.1. The average molecular weight is 509 g/mol. The van der Waals surface area contributed by atoms with Crippen molar-refractivity contribution in [1.29, 1.82) is 0 Å². The molecule has 0 heterocycles. The number of carboxylic acids is 2. The molecule has 160 valence electrons. The Hall–Kier alpha value is 0.0197. The van der Waals surface area contributed by atoms with Crippen molar-refractivity contribution >= 4 is 105 Å². The Morgan fingerprint density at radius 2 is 1.10 bits per heavy atom. The molecule has 0 rings (SSSR count). The van der Waals surface area contributed by atoms with Crippen LogP contribution in [0, 0.1) is 0 Å². The number of carboxylic acid groups (broad SMARTS) is 2. The van der Waals surface area contributed by atoms with Gasteiger partial charge in [-0.3, -0.25) is 9.59 Å². The number of carbonyl (C=O) groups is 4. The van der Waals surface area contributed by atoms with Crippen LogP contribution in [-0.2, 0) is 19.2 Å². The maximum absolute atomic E-state index is 10.6. The Labute approximate surface area is 217 Å². The van der Waals surface area contributed by atoms with Gasteiger partial charge >= 0.3 is 37.7 Å². The van der Waals surface area contributed by atoms with Gasteiger partial charge in [0, 0.05) is 25.4 Å². The monoisotopic (exact) mass is 508 g/mol. The van der Waals surface area contributed by atoms with Gasteiger partial charge in [-0.1, -0.05) is 55.3 Å². The summed E-state index contributed by atoms with van der Waals surface area (Å²) in [4.78, 5) is 42.3. The van der Waals surface area contributed by atoms with Gasteiger partial charge < -0.3 is 30.4 Å². The molecule has 0 aliphatic rings. The van der Waals surface area contributed by atoms with Gasteiger partial charge in [-0.15, -0.1) is 0 Å². The quantitative estimate of drug-likeness (QED) is 0.209. The summed E-state index contributed by atoms with van der Waals surface area (Å²) in [5.74, 6) is -2.66. The minimum Gasteiger partial charge on any atom is -0.548 e. The fraction of sp³-hybridized carbons (Fsp3) is 0.500. The van der Waals surface area contributed by atoms with E-state index in [2.05, 4.69) is 10.6 Å². The number of hydrogen-bond acceptors (Lipinski definition) is 10.